The molecule has 0 radical (unpaired) electrons. The van der Waals surface area contributed by atoms with Crippen LogP contribution < -0.4 is 10.2 Å². The number of anilines is 1. The zero-order chi connectivity index (χ0) is 22.2. The van der Waals surface area contributed by atoms with Crippen molar-refractivity contribution in [2.75, 3.05) is 4.90 Å². The van der Waals surface area contributed by atoms with Crippen molar-refractivity contribution in [1.29, 1.82) is 0 Å². The number of benzene rings is 2. The molecule has 32 heavy (non-hydrogen) atoms. The van der Waals surface area contributed by atoms with E-state index in [4.69, 9.17) is 12.2 Å². The Morgan fingerprint density at radius 2 is 1.88 bits per heavy atom. The molecule has 4 aromatic rings. The summed E-state index contributed by atoms with van der Waals surface area (Å²) in [5.41, 5.74) is 4.39. The average molecular weight is 507 g/mol. The van der Waals surface area contributed by atoms with Gasteiger partial charge in [0.05, 0.1) is 11.7 Å². The van der Waals surface area contributed by atoms with Crippen LogP contribution in [0.25, 0.3) is 5.69 Å². The van der Waals surface area contributed by atoms with E-state index in [-0.39, 0.29) is 17.9 Å². The Morgan fingerprint density at radius 3 is 2.62 bits per heavy atom. The molecule has 0 aliphatic carbocycles. The topological polar surface area (TPSA) is 33.1 Å². The summed E-state index contributed by atoms with van der Waals surface area (Å²) < 4.78 is 17.2. The highest BCUT2D eigenvalue weighted by Crippen LogP contribution is 2.42. The van der Waals surface area contributed by atoms with E-state index in [0.717, 1.165) is 27.2 Å². The summed E-state index contributed by atoms with van der Waals surface area (Å²) in [4.78, 5) is 6.67. The van der Waals surface area contributed by atoms with E-state index in [1.54, 1.807) is 19.2 Å². The molecule has 2 aromatic heterocycles. The van der Waals surface area contributed by atoms with Crippen molar-refractivity contribution < 1.29 is 4.39 Å². The van der Waals surface area contributed by atoms with Crippen molar-refractivity contribution in [2.45, 2.75) is 19.0 Å². The molecule has 5 rings (SSSR count). The van der Waals surface area contributed by atoms with Crippen LogP contribution in [0.5, 0.6) is 0 Å². The summed E-state index contributed by atoms with van der Waals surface area (Å²) in [6.45, 7) is 1.76. The third kappa shape index (κ3) is 3.72. The number of nitrogens with zero attached hydrogens (tertiary/aromatic N) is 3. The van der Waals surface area contributed by atoms with E-state index < -0.39 is 0 Å². The fourth-order valence-electron chi connectivity index (χ4n) is 4.21. The lowest BCUT2D eigenvalue weighted by Crippen LogP contribution is -2.30. The summed E-state index contributed by atoms with van der Waals surface area (Å²) in [6, 6.07) is 22.9. The standard InChI is InChI=1S/C25H20BrFN4S/c1-16-14-19(10-11-20(16)27)31-24(23(29-25(31)32)21-8-2-3-12-28-21)22-9-5-13-30(22)18-7-4-6-17(26)15-18/h2-15,23-24H,1H3,(H,29,32)/t23-,24+/m1/s1. The Morgan fingerprint density at radius 1 is 1.00 bits per heavy atom. The van der Waals surface area contributed by atoms with Crippen LogP contribution in [0.1, 0.15) is 29.0 Å². The first-order chi connectivity index (χ1) is 15.5. The van der Waals surface area contributed by atoms with Gasteiger partial charge >= 0.3 is 0 Å². The average Bonchev–Trinajstić information content (AvgIpc) is 3.40. The molecule has 1 saturated heterocycles. The molecular weight excluding hydrogens is 487 g/mol. The Hall–Kier alpha value is -3.03. The van der Waals surface area contributed by atoms with Crippen LogP contribution >= 0.6 is 28.1 Å². The number of thiocarbonyl (C=S) groups is 1. The summed E-state index contributed by atoms with van der Waals surface area (Å²) in [7, 11) is 0. The van der Waals surface area contributed by atoms with E-state index in [0.29, 0.717) is 10.7 Å². The van der Waals surface area contributed by atoms with Crippen molar-refractivity contribution in [3.05, 3.63) is 112 Å². The number of nitrogens with one attached hydrogen (secondary N) is 1. The zero-order valence-corrected chi connectivity index (χ0v) is 19.6. The number of rotatable bonds is 4. The third-order valence-corrected chi connectivity index (χ3v) is 6.50. The van der Waals surface area contributed by atoms with Gasteiger partial charge in [0.1, 0.15) is 11.9 Å². The second-order valence-corrected chi connectivity index (χ2v) is 9.02. The van der Waals surface area contributed by atoms with E-state index in [2.05, 4.69) is 53.9 Å². The second kappa shape index (κ2) is 8.48. The van der Waals surface area contributed by atoms with Gasteiger partial charge in [0.25, 0.3) is 0 Å². The van der Waals surface area contributed by atoms with Gasteiger partial charge in [0.15, 0.2) is 5.11 Å². The molecule has 2 aromatic carbocycles. The maximum atomic E-state index is 14.0. The van der Waals surface area contributed by atoms with Crippen molar-refractivity contribution in [3.8, 4) is 5.69 Å². The Labute approximate surface area is 199 Å². The number of hydrogen-bond donors (Lipinski definition) is 1. The van der Waals surface area contributed by atoms with Crippen LogP contribution in [0.2, 0.25) is 0 Å². The van der Waals surface area contributed by atoms with Gasteiger partial charge in [-0.15, -0.1) is 0 Å². The Balaban J connectivity index is 1.68. The maximum Gasteiger partial charge on any atom is 0.174 e. The SMILES string of the molecule is Cc1cc(N2C(=S)N[C@H](c3ccccn3)[C@@H]2c2cccn2-c2cccc(Br)c2)ccc1F. The minimum Gasteiger partial charge on any atom is -0.351 e. The summed E-state index contributed by atoms with van der Waals surface area (Å²) in [5.74, 6) is -0.234. The lowest BCUT2D eigenvalue weighted by molar-refractivity contribution is 0.549. The smallest absolute Gasteiger partial charge is 0.174 e. The molecule has 0 bridgehead atoms. The lowest BCUT2D eigenvalue weighted by atomic mass is 10.0. The predicted octanol–water partition coefficient (Wildman–Crippen LogP) is 6.26. The largest absolute Gasteiger partial charge is 0.351 e. The first kappa shape index (κ1) is 20.8. The summed E-state index contributed by atoms with van der Waals surface area (Å²) >= 11 is 9.36. The Kier molecular flexibility index (Phi) is 5.53. The van der Waals surface area contributed by atoms with Gasteiger partial charge in [-0.05, 0) is 85.4 Å². The first-order valence-electron chi connectivity index (χ1n) is 10.2. The molecule has 0 spiro atoms. The molecule has 4 nitrogen and oxygen atoms in total. The van der Waals surface area contributed by atoms with Crippen LogP contribution in [-0.4, -0.2) is 14.7 Å². The summed E-state index contributed by atoms with van der Waals surface area (Å²) in [6.07, 6.45) is 3.83. The lowest BCUT2D eigenvalue weighted by Gasteiger charge is -2.29. The van der Waals surface area contributed by atoms with Gasteiger partial charge in [0.2, 0.25) is 0 Å². The minimum absolute atomic E-state index is 0.171. The van der Waals surface area contributed by atoms with Crippen molar-refractivity contribution in [3.63, 3.8) is 0 Å². The molecule has 0 unspecified atom stereocenters. The van der Waals surface area contributed by atoms with Crippen molar-refractivity contribution in [2.24, 2.45) is 0 Å². The van der Waals surface area contributed by atoms with Crippen LogP contribution in [0, 0.1) is 12.7 Å². The van der Waals surface area contributed by atoms with Gasteiger partial charge in [-0.3, -0.25) is 4.98 Å². The highest BCUT2D eigenvalue weighted by molar-refractivity contribution is 9.10. The summed E-state index contributed by atoms with van der Waals surface area (Å²) in [5, 5.41) is 4.04. The molecule has 7 heteroatoms. The Bertz CT molecular complexity index is 1290. The molecule has 1 N–H and O–H groups in total. The van der Waals surface area contributed by atoms with Crippen molar-refractivity contribution in [1.82, 2.24) is 14.9 Å². The van der Waals surface area contributed by atoms with Crippen molar-refractivity contribution >= 4 is 38.9 Å². The molecule has 3 heterocycles. The molecule has 1 aliphatic heterocycles. The first-order valence-corrected chi connectivity index (χ1v) is 11.4. The molecule has 2 atom stereocenters. The monoisotopic (exact) mass is 506 g/mol. The van der Waals surface area contributed by atoms with Crippen LogP contribution in [0.15, 0.2) is 89.7 Å². The number of pyridine rings is 1. The highest BCUT2D eigenvalue weighted by Gasteiger charge is 2.42. The third-order valence-electron chi connectivity index (χ3n) is 5.69. The van der Waals surface area contributed by atoms with Crippen LogP contribution in [0.3, 0.4) is 0 Å². The van der Waals surface area contributed by atoms with E-state index in [1.807, 2.05) is 48.7 Å². The minimum atomic E-state index is -0.234. The van der Waals surface area contributed by atoms with Gasteiger partial charge in [-0.2, -0.15) is 0 Å². The molecule has 0 amide bonds. The molecule has 160 valence electrons. The van der Waals surface area contributed by atoms with Crippen LogP contribution in [-0.2, 0) is 0 Å². The quantitative estimate of drug-likeness (QED) is 0.331. The number of halogens is 2. The number of aryl methyl sites for hydroxylation is 1. The van der Waals surface area contributed by atoms with Gasteiger partial charge in [-0.1, -0.05) is 28.1 Å². The number of hydrogen-bond acceptors (Lipinski definition) is 2. The zero-order valence-electron chi connectivity index (χ0n) is 17.2. The maximum absolute atomic E-state index is 14.0. The highest BCUT2D eigenvalue weighted by atomic mass is 79.9. The molecular formula is C25H20BrFN4S. The van der Waals surface area contributed by atoms with Gasteiger partial charge in [-0.25, -0.2) is 4.39 Å². The number of aromatic nitrogens is 2. The fraction of sp³-hybridized carbons (Fsp3) is 0.120. The molecule has 1 aliphatic rings. The second-order valence-electron chi connectivity index (χ2n) is 7.71. The van der Waals surface area contributed by atoms with E-state index >= 15 is 0 Å². The van der Waals surface area contributed by atoms with Gasteiger partial charge < -0.3 is 14.8 Å². The van der Waals surface area contributed by atoms with Crippen LogP contribution in [0.4, 0.5) is 10.1 Å². The normalized spacial score (nSPS) is 18.1. The predicted molar refractivity (Wildman–Crippen MR) is 133 cm³/mol. The molecule has 1 fully saturated rings. The fourth-order valence-corrected chi connectivity index (χ4v) is 4.94. The van der Waals surface area contributed by atoms with E-state index in [9.17, 15) is 4.39 Å². The van der Waals surface area contributed by atoms with Gasteiger partial charge in [0, 0.05) is 33.9 Å². The molecule has 0 saturated carbocycles. The van der Waals surface area contributed by atoms with E-state index in [1.165, 1.54) is 6.07 Å².